The van der Waals surface area contributed by atoms with E-state index in [2.05, 4.69) is 19.9 Å². The lowest BCUT2D eigenvalue weighted by molar-refractivity contribution is 0.0767. The largest absolute Gasteiger partial charge is 0.382 e. The number of nitrogen functional groups attached to an aromatic ring is 1. The third kappa shape index (κ3) is 2.80. The molecule has 0 spiro atoms. The topological polar surface area (TPSA) is 101 Å². The van der Waals surface area contributed by atoms with Gasteiger partial charge in [-0.05, 0) is 38.5 Å². The monoisotopic (exact) mass is 328 g/mol. The number of rotatable bonds is 4. The van der Waals surface area contributed by atoms with Crippen molar-refractivity contribution in [2.75, 3.05) is 18.8 Å². The molecule has 3 aromatic rings. The number of benzene rings is 1. The zero-order valence-electron chi connectivity index (χ0n) is 14.0. The van der Waals surface area contributed by atoms with E-state index in [1.165, 1.54) is 6.20 Å². The van der Waals surface area contributed by atoms with Crippen LogP contribution < -0.4 is 5.73 Å². The van der Waals surface area contributed by atoms with E-state index >= 15 is 0 Å². The average Bonchev–Trinajstić information content (AvgIpc) is 2.99. The molecule has 24 heavy (non-hydrogen) atoms. The first-order valence-corrected chi connectivity index (χ1v) is 7.92. The number of anilines is 1. The summed E-state index contributed by atoms with van der Waals surface area (Å²) in [5.41, 5.74) is 9.45. The maximum Gasteiger partial charge on any atom is 0.274 e. The Hall–Kier alpha value is -2.96. The Labute approximate surface area is 142 Å². The molecule has 1 aromatic carbocycles. The second-order valence-corrected chi connectivity index (χ2v) is 5.57. The quantitative estimate of drug-likeness (QED) is 0.767. The molecule has 7 nitrogen and oxygen atoms in total. The molecule has 0 bridgehead atoms. The average molecular weight is 328 g/mol. The molecule has 0 saturated carbocycles. The summed E-state index contributed by atoms with van der Waals surface area (Å²) in [4.78, 5) is 30.4. The molecule has 0 saturated heterocycles. The standard InChI is InChI=1S/C17H20N6O.2H2/c1-4-23(5-2)17(24)13-9-19-15(18)14(20-13)16-21-11-7-6-10(3)8-12(11)22-16;;/h6-9H,4-5H2,1-3H3,(H2,18,19)(H,21,22);2*1H. The summed E-state index contributed by atoms with van der Waals surface area (Å²) in [5.74, 6) is 0.581. The third-order valence-corrected chi connectivity index (χ3v) is 3.93. The van der Waals surface area contributed by atoms with Gasteiger partial charge in [0.2, 0.25) is 0 Å². The summed E-state index contributed by atoms with van der Waals surface area (Å²) in [6.07, 6.45) is 1.41. The third-order valence-electron chi connectivity index (χ3n) is 3.93. The number of hydrogen-bond donors (Lipinski definition) is 2. The van der Waals surface area contributed by atoms with E-state index < -0.39 is 0 Å². The lowest BCUT2D eigenvalue weighted by Crippen LogP contribution is -2.31. The van der Waals surface area contributed by atoms with Crippen LogP contribution in [0.25, 0.3) is 22.6 Å². The van der Waals surface area contributed by atoms with E-state index in [4.69, 9.17) is 5.73 Å². The minimum atomic E-state index is -0.166. The van der Waals surface area contributed by atoms with E-state index in [0.29, 0.717) is 24.6 Å². The molecule has 1 amide bonds. The highest BCUT2D eigenvalue weighted by molar-refractivity contribution is 5.93. The van der Waals surface area contributed by atoms with Gasteiger partial charge >= 0.3 is 0 Å². The first-order valence-electron chi connectivity index (χ1n) is 7.92. The second-order valence-electron chi connectivity index (χ2n) is 5.57. The van der Waals surface area contributed by atoms with Gasteiger partial charge in [-0.1, -0.05) is 6.07 Å². The molecule has 0 fully saturated rings. The summed E-state index contributed by atoms with van der Waals surface area (Å²) in [7, 11) is 0. The van der Waals surface area contributed by atoms with Crippen molar-refractivity contribution >= 4 is 22.8 Å². The van der Waals surface area contributed by atoms with Gasteiger partial charge in [-0.2, -0.15) is 0 Å². The fourth-order valence-corrected chi connectivity index (χ4v) is 2.58. The predicted molar refractivity (Wildman–Crippen MR) is 97.7 cm³/mol. The highest BCUT2D eigenvalue weighted by Gasteiger charge is 2.18. The Morgan fingerprint density at radius 2 is 2.04 bits per heavy atom. The van der Waals surface area contributed by atoms with Gasteiger partial charge in [0.15, 0.2) is 11.6 Å². The van der Waals surface area contributed by atoms with Crippen molar-refractivity contribution < 1.29 is 7.65 Å². The van der Waals surface area contributed by atoms with Crippen molar-refractivity contribution in [3.63, 3.8) is 0 Å². The number of amides is 1. The van der Waals surface area contributed by atoms with Crippen LogP contribution in [0.15, 0.2) is 24.4 Å². The summed E-state index contributed by atoms with van der Waals surface area (Å²) in [5, 5.41) is 0. The van der Waals surface area contributed by atoms with E-state index in [1.54, 1.807) is 4.90 Å². The number of aromatic nitrogens is 4. The molecular formula is C17H24N6O. The summed E-state index contributed by atoms with van der Waals surface area (Å²) in [6.45, 7) is 7.09. The van der Waals surface area contributed by atoms with Crippen molar-refractivity contribution in [1.29, 1.82) is 0 Å². The number of nitrogens with two attached hydrogens (primary N) is 1. The molecule has 0 aliphatic rings. The van der Waals surface area contributed by atoms with Crippen molar-refractivity contribution in [2.45, 2.75) is 20.8 Å². The number of H-pyrrole nitrogens is 1. The molecule has 0 aliphatic heterocycles. The number of nitrogens with zero attached hydrogens (tertiary/aromatic N) is 4. The molecule has 3 N–H and O–H groups in total. The predicted octanol–water partition coefficient (Wildman–Crippen LogP) is 2.88. The number of nitrogens with one attached hydrogen (secondary N) is 1. The minimum Gasteiger partial charge on any atom is -0.382 e. The lowest BCUT2D eigenvalue weighted by atomic mass is 10.2. The van der Waals surface area contributed by atoms with Crippen LogP contribution in [0.1, 0.15) is 32.8 Å². The van der Waals surface area contributed by atoms with Gasteiger partial charge in [0.05, 0.1) is 17.2 Å². The Bertz CT molecular complexity index is 907. The Morgan fingerprint density at radius 3 is 2.75 bits per heavy atom. The van der Waals surface area contributed by atoms with Crippen LogP contribution in [0, 0.1) is 6.92 Å². The molecule has 0 aliphatic carbocycles. The van der Waals surface area contributed by atoms with E-state index in [9.17, 15) is 4.79 Å². The highest BCUT2D eigenvalue weighted by Crippen LogP contribution is 2.23. The van der Waals surface area contributed by atoms with Gasteiger partial charge in [-0.25, -0.2) is 15.0 Å². The number of carbonyl (C=O) groups excluding carboxylic acids is 1. The van der Waals surface area contributed by atoms with Crippen LogP contribution in [0.2, 0.25) is 0 Å². The maximum atomic E-state index is 12.5. The van der Waals surface area contributed by atoms with E-state index in [1.807, 2.05) is 39.0 Å². The van der Waals surface area contributed by atoms with Crippen molar-refractivity contribution in [1.82, 2.24) is 24.8 Å². The number of fused-ring (bicyclic) bond motifs is 1. The molecule has 0 unspecified atom stereocenters. The summed E-state index contributed by atoms with van der Waals surface area (Å²) in [6, 6.07) is 5.92. The van der Waals surface area contributed by atoms with Crippen molar-refractivity contribution in [3.05, 3.63) is 35.7 Å². The fraction of sp³-hybridized carbons (Fsp3) is 0.294. The van der Waals surface area contributed by atoms with Gasteiger partial charge < -0.3 is 15.6 Å². The van der Waals surface area contributed by atoms with Crippen LogP contribution in [0.5, 0.6) is 0 Å². The highest BCUT2D eigenvalue weighted by atomic mass is 16.2. The van der Waals surface area contributed by atoms with Crippen molar-refractivity contribution in [3.8, 4) is 11.5 Å². The molecule has 3 rings (SSSR count). The second kappa shape index (κ2) is 6.27. The molecule has 2 aromatic heterocycles. The first-order chi connectivity index (χ1) is 11.5. The normalized spacial score (nSPS) is 11.0. The molecule has 7 heteroatoms. The smallest absolute Gasteiger partial charge is 0.274 e. The van der Waals surface area contributed by atoms with Gasteiger partial charge in [-0.3, -0.25) is 4.79 Å². The lowest BCUT2D eigenvalue weighted by Gasteiger charge is -2.18. The number of aromatic amines is 1. The van der Waals surface area contributed by atoms with Crippen LogP contribution >= 0.6 is 0 Å². The zero-order valence-corrected chi connectivity index (χ0v) is 14.0. The number of hydrogen-bond acceptors (Lipinski definition) is 5. The molecule has 0 atom stereocenters. The molecule has 0 radical (unpaired) electrons. The maximum absolute atomic E-state index is 12.5. The molecule has 2 heterocycles. The van der Waals surface area contributed by atoms with Gasteiger partial charge in [0.25, 0.3) is 5.91 Å². The Balaban J connectivity index is 0.00000169. The van der Waals surface area contributed by atoms with Gasteiger partial charge in [0.1, 0.15) is 11.4 Å². The summed E-state index contributed by atoms with van der Waals surface area (Å²) < 4.78 is 0. The minimum absolute atomic E-state index is 0. The molecular weight excluding hydrogens is 304 g/mol. The van der Waals surface area contributed by atoms with E-state index in [0.717, 1.165) is 16.6 Å². The van der Waals surface area contributed by atoms with Crippen LogP contribution in [0.4, 0.5) is 5.82 Å². The number of aryl methyl sites for hydroxylation is 1. The Kier molecular flexibility index (Phi) is 4.16. The number of carbonyl (C=O) groups is 1. The summed E-state index contributed by atoms with van der Waals surface area (Å²) >= 11 is 0. The molecule has 128 valence electrons. The van der Waals surface area contributed by atoms with Crippen LogP contribution in [0.3, 0.4) is 0 Å². The van der Waals surface area contributed by atoms with E-state index in [-0.39, 0.29) is 20.3 Å². The first kappa shape index (κ1) is 15.9. The Morgan fingerprint density at radius 1 is 1.29 bits per heavy atom. The van der Waals surface area contributed by atoms with Gasteiger partial charge in [-0.15, -0.1) is 0 Å². The zero-order chi connectivity index (χ0) is 17.3. The fourth-order valence-electron chi connectivity index (χ4n) is 2.58. The number of imidazole rings is 1. The van der Waals surface area contributed by atoms with Crippen molar-refractivity contribution in [2.24, 2.45) is 0 Å². The van der Waals surface area contributed by atoms with Crippen LogP contribution in [-0.4, -0.2) is 43.8 Å². The van der Waals surface area contributed by atoms with Crippen LogP contribution in [-0.2, 0) is 0 Å². The van der Waals surface area contributed by atoms with Gasteiger partial charge in [0, 0.05) is 15.9 Å². The SMILES string of the molecule is CCN(CC)C(=O)c1cnc(N)c(-c2nc3ccc(C)cc3[nH]2)n1.[HH].[HH].